The molecule has 2 aromatic carbocycles. The number of hydrogen-bond acceptors (Lipinski definition) is 8. The zero-order chi connectivity index (χ0) is 25.5. The van der Waals surface area contributed by atoms with Gasteiger partial charge in [-0.3, -0.25) is 15.1 Å². The number of para-hydroxylation sites is 1. The normalized spacial score (nSPS) is 13.9. The lowest BCUT2D eigenvalue weighted by Gasteiger charge is -2.08. The molecule has 15 heteroatoms. The zero-order valence-corrected chi connectivity index (χ0v) is 17.3. The molecule has 0 atom stereocenters. The van der Waals surface area contributed by atoms with Crippen LogP contribution in [0.25, 0.3) is 21.8 Å². The molecule has 3 N–H and O–H groups in total. The van der Waals surface area contributed by atoms with Crippen LogP contribution >= 0.6 is 0 Å². The monoisotopic (exact) mass is 497 g/mol. The van der Waals surface area contributed by atoms with Crippen LogP contribution in [0.4, 0.5) is 33.8 Å². The molecule has 1 aliphatic heterocycles. The van der Waals surface area contributed by atoms with Crippen molar-refractivity contribution in [2.45, 2.75) is 19.4 Å². The minimum Gasteiger partial charge on any atom is -0.475 e. The first-order valence-electron chi connectivity index (χ1n) is 9.47. The van der Waals surface area contributed by atoms with Gasteiger partial charge < -0.3 is 14.6 Å². The average molecular weight is 497 g/mol. The van der Waals surface area contributed by atoms with Crippen molar-refractivity contribution in [1.29, 1.82) is 0 Å². The van der Waals surface area contributed by atoms with Crippen LogP contribution in [0.2, 0.25) is 0 Å². The fourth-order valence-corrected chi connectivity index (χ4v) is 3.03. The summed E-state index contributed by atoms with van der Waals surface area (Å²) in [6.07, 6.45) is -8.80. The highest BCUT2D eigenvalue weighted by molar-refractivity contribution is 5.86. The Morgan fingerprint density at radius 1 is 1.03 bits per heavy atom. The molecular weight excluding hydrogens is 485 g/mol. The number of aromatic amines is 1. The molecule has 0 fully saturated rings. The lowest BCUT2D eigenvalue weighted by molar-refractivity contribution is -0.286. The van der Waals surface area contributed by atoms with E-state index in [9.17, 15) is 26.7 Å². The van der Waals surface area contributed by atoms with Crippen LogP contribution in [0.1, 0.15) is 5.69 Å². The predicted molar refractivity (Wildman–Crippen MR) is 110 cm³/mol. The number of ether oxygens (including phenoxy) is 2. The minimum absolute atomic E-state index is 0.0783. The van der Waals surface area contributed by atoms with Crippen molar-refractivity contribution in [3.05, 3.63) is 52.4 Å². The van der Waals surface area contributed by atoms with E-state index in [-0.39, 0.29) is 29.0 Å². The van der Waals surface area contributed by atoms with Crippen molar-refractivity contribution >= 4 is 39.7 Å². The van der Waals surface area contributed by atoms with E-state index in [2.05, 4.69) is 34.7 Å². The number of H-pyrrole nitrogens is 1. The quantitative estimate of drug-likeness (QED) is 0.352. The zero-order valence-electron chi connectivity index (χ0n) is 17.3. The lowest BCUT2D eigenvalue weighted by Crippen LogP contribution is -2.25. The fraction of sp³-hybridized carbons (Fsp3) is 0.150. The number of alkyl halides is 5. The third-order valence-electron chi connectivity index (χ3n) is 4.49. The summed E-state index contributed by atoms with van der Waals surface area (Å²) in [5, 5.41) is 11.0. The molecule has 0 unspecified atom stereocenters. The first kappa shape index (κ1) is 23.6. The number of carboxylic acids is 1. The summed E-state index contributed by atoms with van der Waals surface area (Å²) in [6.45, 7) is 1.70. The Morgan fingerprint density at radius 3 is 2.31 bits per heavy atom. The Kier molecular flexibility index (Phi) is 5.62. The van der Waals surface area contributed by atoms with E-state index in [1.54, 1.807) is 31.2 Å². The van der Waals surface area contributed by atoms with E-state index in [1.807, 2.05) is 0 Å². The number of carbonyl (C=O) groups is 1. The number of nitrogens with zero attached hydrogens (tertiary/aromatic N) is 3. The summed E-state index contributed by atoms with van der Waals surface area (Å²) in [7, 11) is 0. The minimum atomic E-state index is -5.08. The van der Waals surface area contributed by atoms with E-state index in [1.165, 1.54) is 12.1 Å². The van der Waals surface area contributed by atoms with Crippen LogP contribution in [0, 0.1) is 6.92 Å². The number of anilines is 2. The van der Waals surface area contributed by atoms with Crippen molar-refractivity contribution in [3.8, 4) is 11.5 Å². The van der Waals surface area contributed by atoms with Gasteiger partial charge in [0.05, 0.1) is 22.1 Å². The highest BCUT2D eigenvalue weighted by Gasteiger charge is 2.43. The van der Waals surface area contributed by atoms with Crippen molar-refractivity contribution in [2.24, 2.45) is 0 Å². The van der Waals surface area contributed by atoms with Gasteiger partial charge in [0.2, 0.25) is 11.9 Å². The molecule has 0 spiro atoms. The average Bonchev–Trinajstić information content (AvgIpc) is 3.05. The molecule has 0 aliphatic carbocycles. The Hall–Kier alpha value is -4.56. The summed E-state index contributed by atoms with van der Waals surface area (Å²) >= 11 is 0. The summed E-state index contributed by atoms with van der Waals surface area (Å²) in [5.74, 6) is -2.64. The third kappa shape index (κ3) is 5.02. The first-order chi connectivity index (χ1) is 16.3. The van der Waals surface area contributed by atoms with Crippen LogP contribution in [-0.2, 0) is 4.79 Å². The number of aryl methyl sites for hydroxylation is 1. The number of fused-ring (bicyclic) bond motifs is 3. The predicted octanol–water partition coefficient (Wildman–Crippen LogP) is 3.87. The Morgan fingerprint density at radius 2 is 1.66 bits per heavy atom. The fourth-order valence-electron chi connectivity index (χ4n) is 3.03. The second-order valence-corrected chi connectivity index (χ2v) is 6.98. The van der Waals surface area contributed by atoms with E-state index >= 15 is 0 Å². The maximum absolute atomic E-state index is 13.3. The van der Waals surface area contributed by atoms with Gasteiger partial charge in [-0.2, -0.15) is 13.2 Å². The van der Waals surface area contributed by atoms with Crippen molar-refractivity contribution < 1.29 is 41.3 Å². The van der Waals surface area contributed by atoms with Gasteiger partial charge in [-0.05, 0) is 25.1 Å². The first-order valence-corrected chi connectivity index (χ1v) is 9.47. The third-order valence-corrected chi connectivity index (χ3v) is 4.49. The van der Waals surface area contributed by atoms with E-state index < -0.39 is 18.4 Å². The van der Waals surface area contributed by atoms with Crippen LogP contribution < -0.4 is 20.3 Å². The van der Waals surface area contributed by atoms with Gasteiger partial charge in [-0.1, -0.05) is 12.1 Å². The maximum atomic E-state index is 13.3. The smallest absolute Gasteiger partial charge is 0.475 e. The number of benzene rings is 2. The molecule has 2 aromatic heterocycles. The van der Waals surface area contributed by atoms with Gasteiger partial charge >= 0.3 is 18.4 Å². The molecule has 3 heterocycles. The Labute approximate surface area is 190 Å². The molecule has 0 bridgehead atoms. The SMILES string of the molecule is Cc1nc(Nc2nc3ccccc3c(=O)[nH]2)nc2cc3c(cc12)OC(F)(F)O3.O=C(O)C(F)(F)F. The molecule has 4 aromatic rings. The van der Waals surface area contributed by atoms with Crippen LogP contribution in [-0.4, -0.2) is 43.5 Å². The van der Waals surface area contributed by atoms with Gasteiger partial charge in [-0.25, -0.2) is 19.7 Å². The van der Waals surface area contributed by atoms with Crippen LogP contribution in [0.5, 0.6) is 11.5 Å². The molecule has 0 amide bonds. The van der Waals surface area contributed by atoms with Gasteiger partial charge in [0.1, 0.15) is 0 Å². The van der Waals surface area contributed by atoms with E-state index in [4.69, 9.17) is 9.90 Å². The van der Waals surface area contributed by atoms with Crippen molar-refractivity contribution in [3.63, 3.8) is 0 Å². The maximum Gasteiger partial charge on any atom is 0.586 e. The topological polar surface area (TPSA) is 139 Å². The standard InChI is InChI=1S/C18H11F2N5O3.C2HF3O2/c1-8-10-6-13-14(28-18(19,20)27-13)7-12(10)23-16(21-8)25-17-22-11-5-3-2-4-9(11)15(26)24-17;3-2(4,5)1(6)7/h2-7H,1H3,(H2,21,22,23,24,25,26);(H,6,7). The molecule has 10 nitrogen and oxygen atoms in total. The largest absolute Gasteiger partial charge is 0.586 e. The highest BCUT2D eigenvalue weighted by Crippen LogP contribution is 2.43. The molecule has 0 radical (unpaired) electrons. The number of carboxylic acid groups (broad SMARTS) is 1. The summed E-state index contributed by atoms with van der Waals surface area (Å²) in [4.78, 5) is 36.6. The number of nitrogens with one attached hydrogen (secondary N) is 2. The van der Waals surface area contributed by atoms with Gasteiger partial charge in [0.25, 0.3) is 5.56 Å². The Bertz CT molecular complexity index is 1520. The lowest BCUT2D eigenvalue weighted by atomic mass is 10.2. The van der Waals surface area contributed by atoms with Gasteiger partial charge in [0.15, 0.2) is 11.5 Å². The number of aliphatic carboxylic acids is 1. The van der Waals surface area contributed by atoms with Crippen LogP contribution in [0.15, 0.2) is 41.2 Å². The van der Waals surface area contributed by atoms with Crippen molar-refractivity contribution in [1.82, 2.24) is 19.9 Å². The molecule has 182 valence electrons. The second kappa shape index (κ2) is 8.34. The second-order valence-electron chi connectivity index (χ2n) is 6.98. The van der Waals surface area contributed by atoms with Crippen LogP contribution in [0.3, 0.4) is 0 Å². The highest BCUT2D eigenvalue weighted by atomic mass is 19.4. The number of rotatable bonds is 2. The number of halogens is 5. The van der Waals surface area contributed by atoms with Gasteiger partial charge in [-0.15, -0.1) is 8.78 Å². The number of hydrogen-bond donors (Lipinski definition) is 3. The number of aromatic nitrogens is 4. The Balaban J connectivity index is 0.000000364. The molecular formula is C20H12F5N5O5. The molecule has 35 heavy (non-hydrogen) atoms. The van der Waals surface area contributed by atoms with Crippen molar-refractivity contribution in [2.75, 3.05) is 5.32 Å². The van der Waals surface area contributed by atoms with E-state index in [0.717, 1.165) is 0 Å². The molecule has 5 rings (SSSR count). The molecule has 0 saturated heterocycles. The molecule has 1 aliphatic rings. The summed E-state index contributed by atoms with van der Waals surface area (Å²) < 4.78 is 67.2. The van der Waals surface area contributed by atoms with E-state index in [0.29, 0.717) is 27.5 Å². The molecule has 0 saturated carbocycles. The van der Waals surface area contributed by atoms with Gasteiger partial charge in [0, 0.05) is 11.5 Å². The summed E-state index contributed by atoms with van der Waals surface area (Å²) in [6, 6.07) is 9.65. The summed E-state index contributed by atoms with van der Waals surface area (Å²) in [5.41, 5.74) is 1.10.